The highest BCUT2D eigenvalue weighted by molar-refractivity contribution is 5.07. The van der Waals surface area contributed by atoms with Crippen LogP contribution in [0.2, 0.25) is 0 Å². The summed E-state index contributed by atoms with van der Waals surface area (Å²) in [6, 6.07) is 0. The van der Waals surface area contributed by atoms with E-state index < -0.39 is 0 Å². The standard InChI is InChI=1S/C10H18O/c1-4-7-8-9-10(5-2)11-6-3/h5,9H,2,4,6-8H2,1,3H3/b10-9-. The van der Waals surface area contributed by atoms with Gasteiger partial charge in [-0.1, -0.05) is 19.9 Å². The van der Waals surface area contributed by atoms with Crippen LogP contribution in [-0.2, 0) is 4.74 Å². The molecule has 11 heavy (non-hydrogen) atoms. The Kier molecular flexibility index (Phi) is 6.90. The molecule has 0 heterocycles. The monoisotopic (exact) mass is 154 g/mol. The van der Waals surface area contributed by atoms with Gasteiger partial charge in [0.05, 0.1) is 6.61 Å². The molecule has 0 amide bonds. The van der Waals surface area contributed by atoms with Gasteiger partial charge in [0.15, 0.2) is 0 Å². The highest BCUT2D eigenvalue weighted by Gasteiger charge is 1.88. The van der Waals surface area contributed by atoms with Crippen LogP contribution in [0.3, 0.4) is 0 Å². The van der Waals surface area contributed by atoms with Crippen LogP contribution in [0, 0.1) is 0 Å². The van der Waals surface area contributed by atoms with Crippen molar-refractivity contribution in [3.05, 3.63) is 24.5 Å². The zero-order valence-corrected chi connectivity index (χ0v) is 7.60. The lowest BCUT2D eigenvalue weighted by molar-refractivity contribution is 0.241. The smallest absolute Gasteiger partial charge is 0.114 e. The molecule has 0 aliphatic heterocycles. The Hall–Kier alpha value is -0.720. The van der Waals surface area contributed by atoms with Gasteiger partial charge in [-0.05, 0) is 31.9 Å². The number of rotatable bonds is 6. The Balaban J connectivity index is 3.61. The molecule has 0 N–H and O–H groups in total. The van der Waals surface area contributed by atoms with E-state index in [9.17, 15) is 0 Å². The molecular formula is C10H18O. The van der Waals surface area contributed by atoms with Crippen LogP contribution in [0.1, 0.15) is 33.1 Å². The van der Waals surface area contributed by atoms with Gasteiger partial charge < -0.3 is 4.74 Å². The number of hydrogen-bond donors (Lipinski definition) is 0. The van der Waals surface area contributed by atoms with Crippen molar-refractivity contribution in [3.63, 3.8) is 0 Å². The molecule has 0 radical (unpaired) electrons. The largest absolute Gasteiger partial charge is 0.494 e. The van der Waals surface area contributed by atoms with E-state index in [1.807, 2.05) is 6.92 Å². The minimum atomic E-state index is 0.726. The van der Waals surface area contributed by atoms with E-state index in [4.69, 9.17) is 4.74 Å². The molecule has 0 aromatic rings. The predicted molar refractivity (Wildman–Crippen MR) is 49.4 cm³/mol. The first-order valence-corrected chi connectivity index (χ1v) is 4.30. The maximum absolute atomic E-state index is 5.28. The summed E-state index contributed by atoms with van der Waals surface area (Å²) in [5, 5.41) is 0. The van der Waals surface area contributed by atoms with Gasteiger partial charge in [-0.25, -0.2) is 0 Å². The summed E-state index contributed by atoms with van der Waals surface area (Å²) in [6.45, 7) is 8.56. The first-order chi connectivity index (χ1) is 5.35. The summed E-state index contributed by atoms with van der Waals surface area (Å²) in [7, 11) is 0. The summed E-state index contributed by atoms with van der Waals surface area (Å²) < 4.78 is 5.28. The summed E-state index contributed by atoms with van der Waals surface area (Å²) in [6.07, 6.45) is 7.41. The minimum Gasteiger partial charge on any atom is -0.494 e. The predicted octanol–water partition coefficient (Wildman–Crippen LogP) is 3.28. The molecule has 0 bridgehead atoms. The maximum Gasteiger partial charge on any atom is 0.114 e. The Morgan fingerprint density at radius 1 is 1.45 bits per heavy atom. The zero-order valence-electron chi connectivity index (χ0n) is 7.60. The molecule has 0 saturated carbocycles. The van der Waals surface area contributed by atoms with Crippen molar-refractivity contribution in [2.45, 2.75) is 33.1 Å². The second kappa shape index (κ2) is 7.39. The third kappa shape index (κ3) is 5.71. The molecule has 0 rings (SSSR count). The van der Waals surface area contributed by atoms with Gasteiger partial charge in [-0.3, -0.25) is 0 Å². The summed E-state index contributed by atoms with van der Waals surface area (Å²) >= 11 is 0. The topological polar surface area (TPSA) is 9.23 Å². The van der Waals surface area contributed by atoms with Gasteiger partial charge in [0.2, 0.25) is 0 Å². The molecule has 0 aromatic carbocycles. The van der Waals surface area contributed by atoms with Gasteiger partial charge in [0.1, 0.15) is 5.76 Å². The molecule has 0 saturated heterocycles. The van der Waals surface area contributed by atoms with Crippen molar-refractivity contribution in [2.75, 3.05) is 6.61 Å². The molecule has 0 aliphatic carbocycles. The van der Waals surface area contributed by atoms with Crippen LogP contribution < -0.4 is 0 Å². The van der Waals surface area contributed by atoms with Crippen molar-refractivity contribution >= 4 is 0 Å². The fourth-order valence-corrected chi connectivity index (χ4v) is 0.816. The van der Waals surface area contributed by atoms with Crippen LogP contribution in [-0.4, -0.2) is 6.61 Å². The first kappa shape index (κ1) is 10.3. The van der Waals surface area contributed by atoms with Crippen molar-refractivity contribution in [1.29, 1.82) is 0 Å². The molecular weight excluding hydrogens is 136 g/mol. The lowest BCUT2D eigenvalue weighted by atomic mass is 10.2. The molecule has 0 aliphatic rings. The number of allylic oxidation sites excluding steroid dienone is 2. The Labute approximate surface area is 69.8 Å². The molecule has 64 valence electrons. The number of hydrogen-bond acceptors (Lipinski definition) is 1. The third-order valence-electron chi connectivity index (χ3n) is 1.42. The van der Waals surface area contributed by atoms with E-state index in [-0.39, 0.29) is 0 Å². The van der Waals surface area contributed by atoms with E-state index in [0.29, 0.717) is 0 Å². The molecule has 1 heteroatoms. The quantitative estimate of drug-likeness (QED) is 0.324. The molecule has 0 aromatic heterocycles. The molecule has 0 atom stereocenters. The van der Waals surface area contributed by atoms with E-state index in [1.165, 1.54) is 12.8 Å². The van der Waals surface area contributed by atoms with Crippen molar-refractivity contribution < 1.29 is 4.74 Å². The van der Waals surface area contributed by atoms with Gasteiger partial charge in [0, 0.05) is 0 Å². The lowest BCUT2D eigenvalue weighted by Gasteiger charge is -2.02. The van der Waals surface area contributed by atoms with E-state index >= 15 is 0 Å². The number of unbranched alkanes of at least 4 members (excludes halogenated alkanes) is 2. The van der Waals surface area contributed by atoms with Crippen LogP contribution in [0.25, 0.3) is 0 Å². The average Bonchev–Trinajstić information content (AvgIpc) is 2.03. The highest BCUT2D eigenvalue weighted by atomic mass is 16.5. The number of ether oxygens (including phenoxy) is 1. The molecule has 1 nitrogen and oxygen atoms in total. The second-order valence-electron chi connectivity index (χ2n) is 2.39. The van der Waals surface area contributed by atoms with Crippen LogP contribution >= 0.6 is 0 Å². The highest BCUT2D eigenvalue weighted by Crippen LogP contribution is 2.03. The van der Waals surface area contributed by atoms with Crippen molar-refractivity contribution in [3.8, 4) is 0 Å². The Morgan fingerprint density at radius 3 is 2.64 bits per heavy atom. The normalized spacial score (nSPS) is 11.3. The minimum absolute atomic E-state index is 0.726. The molecule has 0 spiro atoms. The molecule has 0 unspecified atom stereocenters. The summed E-state index contributed by atoms with van der Waals surface area (Å²) in [5.74, 6) is 0.918. The Morgan fingerprint density at radius 2 is 2.18 bits per heavy atom. The first-order valence-electron chi connectivity index (χ1n) is 4.30. The SMILES string of the molecule is C=C/C(=C/CCCC)OCC. The fraction of sp³-hybridized carbons (Fsp3) is 0.600. The lowest BCUT2D eigenvalue weighted by Crippen LogP contribution is -1.87. The van der Waals surface area contributed by atoms with Crippen LogP contribution in [0.5, 0.6) is 0 Å². The van der Waals surface area contributed by atoms with Crippen LogP contribution in [0.15, 0.2) is 24.5 Å². The van der Waals surface area contributed by atoms with Gasteiger partial charge >= 0.3 is 0 Å². The Bertz CT molecular complexity index is 125. The third-order valence-corrected chi connectivity index (χ3v) is 1.42. The van der Waals surface area contributed by atoms with E-state index in [1.54, 1.807) is 6.08 Å². The van der Waals surface area contributed by atoms with Crippen molar-refractivity contribution in [2.24, 2.45) is 0 Å². The van der Waals surface area contributed by atoms with Crippen LogP contribution in [0.4, 0.5) is 0 Å². The summed E-state index contributed by atoms with van der Waals surface area (Å²) in [4.78, 5) is 0. The zero-order chi connectivity index (χ0) is 8.53. The maximum atomic E-state index is 5.28. The average molecular weight is 154 g/mol. The van der Waals surface area contributed by atoms with Gasteiger partial charge in [-0.15, -0.1) is 0 Å². The van der Waals surface area contributed by atoms with Crippen molar-refractivity contribution in [1.82, 2.24) is 0 Å². The second-order valence-corrected chi connectivity index (χ2v) is 2.39. The van der Waals surface area contributed by atoms with E-state index in [0.717, 1.165) is 18.8 Å². The van der Waals surface area contributed by atoms with E-state index in [2.05, 4.69) is 19.6 Å². The van der Waals surface area contributed by atoms with Gasteiger partial charge in [0.25, 0.3) is 0 Å². The molecule has 0 fully saturated rings. The summed E-state index contributed by atoms with van der Waals surface area (Å²) in [5.41, 5.74) is 0. The fourth-order valence-electron chi connectivity index (χ4n) is 0.816. The van der Waals surface area contributed by atoms with Gasteiger partial charge in [-0.2, -0.15) is 0 Å².